The van der Waals surface area contributed by atoms with Gasteiger partial charge in [0, 0.05) is 16.2 Å². The van der Waals surface area contributed by atoms with E-state index in [0.29, 0.717) is 22.3 Å². The Labute approximate surface area is 165 Å². The highest BCUT2D eigenvalue weighted by Crippen LogP contribution is 2.48. The average molecular weight is 406 g/mol. The van der Waals surface area contributed by atoms with E-state index in [9.17, 15) is 14.7 Å². The molecule has 1 fully saturated rings. The lowest BCUT2D eigenvalue weighted by Gasteiger charge is -2.23. The Balaban J connectivity index is 1.45. The lowest BCUT2D eigenvalue weighted by molar-refractivity contribution is -0.146. The Morgan fingerprint density at radius 3 is 2.67 bits per heavy atom. The molecule has 0 radical (unpaired) electrons. The van der Waals surface area contributed by atoms with E-state index in [1.165, 1.54) is 0 Å². The largest absolute Gasteiger partial charge is 0.481 e. The summed E-state index contributed by atoms with van der Waals surface area (Å²) in [6, 6.07) is 5.24. The van der Waals surface area contributed by atoms with Crippen molar-refractivity contribution in [1.82, 2.24) is 9.78 Å². The van der Waals surface area contributed by atoms with Crippen molar-refractivity contribution in [3.05, 3.63) is 58.4 Å². The monoisotopic (exact) mass is 405 g/mol. The topological polar surface area (TPSA) is 84.2 Å². The van der Waals surface area contributed by atoms with E-state index in [1.54, 1.807) is 29.2 Å². The van der Waals surface area contributed by atoms with Crippen molar-refractivity contribution in [3.63, 3.8) is 0 Å². The van der Waals surface area contributed by atoms with Crippen molar-refractivity contribution in [2.45, 2.75) is 13.0 Å². The lowest BCUT2D eigenvalue weighted by Crippen LogP contribution is -2.36. The molecule has 2 aliphatic carbocycles. The Morgan fingerprint density at radius 1 is 1.22 bits per heavy atom. The SMILES string of the molecule is O=C(O)[C@@H]1[C@H](C(=O)Nc2cnn(Cc3ccc(Cl)cc3Cl)c2)[C@H]2C=C[C@H]1C2. The van der Waals surface area contributed by atoms with Gasteiger partial charge in [-0.3, -0.25) is 14.3 Å². The molecule has 0 spiro atoms. The summed E-state index contributed by atoms with van der Waals surface area (Å²) >= 11 is 12.1. The van der Waals surface area contributed by atoms with Gasteiger partial charge in [0.25, 0.3) is 0 Å². The first-order valence-electron chi connectivity index (χ1n) is 8.61. The van der Waals surface area contributed by atoms with Crippen LogP contribution in [0.1, 0.15) is 12.0 Å². The molecule has 8 heteroatoms. The van der Waals surface area contributed by atoms with Crippen LogP contribution in [-0.4, -0.2) is 26.8 Å². The molecule has 2 bridgehead atoms. The van der Waals surface area contributed by atoms with Crippen LogP contribution in [0.4, 0.5) is 5.69 Å². The first-order valence-corrected chi connectivity index (χ1v) is 9.36. The molecule has 4 atom stereocenters. The van der Waals surface area contributed by atoms with Crippen molar-refractivity contribution in [3.8, 4) is 0 Å². The number of carbonyl (C=O) groups excluding carboxylic acids is 1. The van der Waals surface area contributed by atoms with E-state index in [2.05, 4.69) is 10.4 Å². The number of nitrogens with one attached hydrogen (secondary N) is 1. The summed E-state index contributed by atoms with van der Waals surface area (Å²) in [5.41, 5.74) is 1.38. The number of amides is 1. The molecule has 140 valence electrons. The molecule has 1 saturated carbocycles. The predicted octanol–water partition coefficient (Wildman–Crippen LogP) is 3.70. The highest BCUT2D eigenvalue weighted by Gasteiger charge is 2.51. The number of carbonyl (C=O) groups is 2. The van der Waals surface area contributed by atoms with Crippen molar-refractivity contribution in [2.24, 2.45) is 23.7 Å². The van der Waals surface area contributed by atoms with Crippen molar-refractivity contribution in [2.75, 3.05) is 5.32 Å². The van der Waals surface area contributed by atoms with Crippen LogP contribution in [0.3, 0.4) is 0 Å². The number of nitrogens with zero attached hydrogens (tertiary/aromatic N) is 2. The maximum Gasteiger partial charge on any atom is 0.307 e. The maximum absolute atomic E-state index is 12.7. The van der Waals surface area contributed by atoms with Crippen molar-refractivity contribution < 1.29 is 14.7 Å². The molecule has 1 aromatic carbocycles. The third-order valence-electron chi connectivity index (χ3n) is 5.30. The van der Waals surface area contributed by atoms with Crippen LogP contribution in [0.5, 0.6) is 0 Å². The van der Waals surface area contributed by atoms with Crippen molar-refractivity contribution >= 4 is 40.8 Å². The highest BCUT2D eigenvalue weighted by atomic mass is 35.5. The molecule has 0 saturated heterocycles. The highest BCUT2D eigenvalue weighted by molar-refractivity contribution is 6.35. The molecular weight excluding hydrogens is 389 g/mol. The number of carboxylic acid groups (broad SMARTS) is 1. The fraction of sp³-hybridized carbons (Fsp3) is 0.316. The zero-order valence-electron chi connectivity index (χ0n) is 14.2. The number of carboxylic acids is 1. The molecule has 2 N–H and O–H groups in total. The summed E-state index contributed by atoms with van der Waals surface area (Å²) < 4.78 is 1.65. The number of allylic oxidation sites excluding steroid dienone is 2. The molecule has 0 aliphatic heterocycles. The van der Waals surface area contributed by atoms with Crippen LogP contribution in [0.2, 0.25) is 10.0 Å². The molecule has 1 aromatic heterocycles. The average Bonchev–Trinajstić information content (AvgIpc) is 3.33. The van der Waals surface area contributed by atoms with E-state index in [4.69, 9.17) is 23.2 Å². The van der Waals surface area contributed by atoms with Gasteiger partial charge in [-0.05, 0) is 36.0 Å². The maximum atomic E-state index is 12.7. The molecule has 2 aliphatic rings. The van der Waals surface area contributed by atoms with E-state index >= 15 is 0 Å². The number of fused-ring (bicyclic) bond motifs is 2. The van der Waals surface area contributed by atoms with Gasteiger partial charge in [0.05, 0.1) is 30.3 Å². The fourth-order valence-corrected chi connectivity index (χ4v) is 4.55. The molecule has 1 heterocycles. The van der Waals surface area contributed by atoms with Gasteiger partial charge < -0.3 is 10.4 Å². The van der Waals surface area contributed by atoms with Gasteiger partial charge >= 0.3 is 5.97 Å². The summed E-state index contributed by atoms with van der Waals surface area (Å²) in [4.78, 5) is 24.3. The lowest BCUT2D eigenvalue weighted by atomic mass is 9.82. The van der Waals surface area contributed by atoms with Crippen LogP contribution in [0, 0.1) is 23.7 Å². The quantitative estimate of drug-likeness (QED) is 0.742. The molecule has 6 nitrogen and oxygen atoms in total. The summed E-state index contributed by atoms with van der Waals surface area (Å²) in [6.45, 7) is 0.431. The summed E-state index contributed by atoms with van der Waals surface area (Å²) in [5, 5.41) is 17.6. The van der Waals surface area contributed by atoms with E-state index in [0.717, 1.165) is 12.0 Å². The number of rotatable bonds is 5. The number of aliphatic carboxylic acids is 1. The van der Waals surface area contributed by atoms with Gasteiger partial charge in [-0.25, -0.2) is 0 Å². The minimum absolute atomic E-state index is 0.0148. The van der Waals surface area contributed by atoms with Crippen LogP contribution >= 0.6 is 23.2 Å². The minimum atomic E-state index is -0.917. The molecule has 4 rings (SSSR count). The van der Waals surface area contributed by atoms with Gasteiger partial charge in [-0.1, -0.05) is 41.4 Å². The minimum Gasteiger partial charge on any atom is -0.481 e. The fourth-order valence-electron chi connectivity index (χ4n) is 4.08. The number of aromatic nitrogens is 2. The zero-order chi connectivity index (χ0) is 19.1. The third-order valence-corrected chi connectivity index (χ3v) is 5.88. The Bertz CT molecular complexity index is 940. The molecule has 27 heavy (non-hydrogen) atoms. The number of hydrogen-bond donors (Lipinski definition) is 2. The Hall–Kier alpha value is -2.31. The molecule has 1 amide bonds. The van der Waals surface area contributed by atoms with E-state index in [-0.39, 0.29) is 17.7 Å². The number of anilines is 1. The van der Waals surface area contributed by atoms with Crippen LogP contribution in [-0.2, 0) is 16.1 Å². The number of hydrogen-bond acceptors (Lipinski definition) is 3. The van der Waals surface area contributed by atoms with Gasteiger partial charge in [0.15, 0.2) is 0 Å². The van der Waals surface area contributed by atoms with Gasteiger partial charge in [-0.2, -0.15) is 5.10 Å². The second-order valence-electron chi connectivity index (χ2n) is 6.99. The summed E-state index contributed by atoms with van der Waals surface area (Å²) in [5.74, 6) is -2.48. The Kier molecular flexibility index (Phi) is 4.70. The normalized spacial score (nSPS) is 25.7. The van der Waals surface area contributed by atoms with Gasteiger partial charge in [0.1, 0.15) is 0 Å². The third kappa shape index (κ3) is 3.47. The van der Waals surface area contributed by atoms with Crippen LogP contribution in [0.15, 0.2) is 42.7 Å². The second-order valence-corrected chi connectivity index (χ2v) is 7.83. The van der Waals surface area contributed by atoms with Crippen LogP contribution < -0.4 is 5.32 Å². The predicted molar refractivity (Wildman–Crippen MR) is 102 cm³/mol. The summed E-state index contributed by atoms with van der Waals surface area (Å²) in [7, 11) is 0. The summed E-state index contributed by atoms with van der Waals surface area (Å²) in [6.07, 6.45) is 7.84. The molecule has 0 unspecified atom stereocenters. The smallest absolute Gasteiger partial charge is 0.307 e. The van der Waals surface area contributed by atoms with E-state index in [1.807, 2.05) is 18.2 Å². The molecular formula is C19H17Cl2N3O3. The molecule has 2 aromatic rings. The van der Waals surface area contributed by atoms with E-state index < -0.39 is 17.8 Å². The van der Waals surface area contributed by atoms with Gasteiger partial charge in [-0.15, -0.1) is 0 Å². The first-order chi connectivity index (χ1) is 12.9. The number of halogens is 2. The number of benzene rings is 1. The Morgan fingerprint density at radius 2 is 1.96 bits per heavy atom. The second kappa shape index (κ2) is 7.02. The van der Waals surface area contributed by atoms with Crippen molar-refractivity contribution in [1.29, 1.82) is 0 Å². The van der Waals surface area contributed by atoms with Gasteiger partial charge in [0.2, 0.25) is 5.91 Å². The first kappa shape index (κ1) is 18.1. The zero-order valence-corrected chi connectivity index (χ0v) is 15.7. The van der Waals surface area contributed by atoms with Crippen LogP contribution in [0.25, 0.3) is 0 Å². The standard InChI is InChI=1S/C19H17Cl2N3O3/c20-13-4-3-12(15(21)6-13)8-24-9-14(7-22-24)23-18(25)16-10-1-2-11(5-10)17(16)19(26)27/h1-4,6-7,9-11,16-17H,5,8H2,(H,23,25)(H,26,27)/t10-,11-,16+,17-/m0/s1.